The van der Waals surface area contributed by atoms with Crippen LogP contribution in [0.1, 0.15) is 28.5 Å². The van der Waals surface area contributed by atoms with Gasteiger partial charge in [0.05, 0.1) is 5.69 Å². The fraction of sp³-hybridized carbons (Fsp3) is 0.250. The first-order valence-electron chi connectivity index (χ1n) is 5.24. The fourth-order valence-corrected chi connectivity index (χ4v) is 3.33. The van der Waals surface area contributed by atoms with Crippen molar-refractivity contribution in [3.05, 3.63) is 46.2 Å². The highest BCUT2D eigenvalue weighted by Crippen LogP contribution is 2.42. The van der Waals surface area contributed by atoms with Gasteiger partial charge in [-0.25, -0.2) is 9.37 Å². The van der Waals surface area contributed by atoms with Crippen molar-refractivity contribution in [3.8, 4) is 0 Å². The van der Waals surface area contributed by atoms with Gasteiger partial charge >= 0.3 is 0 Å². The van der Waals surface area contributed by atoms with Crippen LogP contribution >= 0.6 is 11.3 Å². The molecule has 1 aromatic carbocycles. The molecule has 0 spiro atoms. The van der Waals surface area contributed by atoms with Gasteiger partial charge in [-0.2, -0.15) is 0 Å². The van der Waals surface area contributed by atoms with Gasteiger partial charge in [0.2, 0.25) is 0 Å². The Morgan fingerprint density at radius 2 is 2.31 bits per heavy atom. The molecule has 0 aliphatic heterocycles. The van der Waals surface area contributed by atoms with E-state index in [0.29, 0.717) is 5.13 Å². The van der Waals surface area contributed by atoms with Crippen molar-refractivity contribution in [1.29, 1.82) is 0 Å². The summed E-state index contributed by atoms with van der Waals surface area (Å²) in [4.78, 5) is 5.50. The van der Waals surface area contributed by atoms with Crippen molar-refractivity contribution in [2.45, 2.75) is 18.8 Å². The second-order valence-electron chi connectivity index (χ2n) is 4.01. The lowest BCUT2D eigenvalue weighted by atomic mass is 9.98. The van der Waals surface area contributed by atoms with Crippen LogP contribution in [0.25, 0.3) is 0 Å². The van der Waals surface area contributed by atoms with Crippen LogP contribution < -0.4 is 5.73 Å². The number of nitrogen functional groups attached to an aromatic ring is 1. The molecule has 16 heavy (non-hydrogen) atoms. The van der Waals surface area contributed by atoms with E-state index in [1.807, 2.05) is 6.07 Å². The van der Waals surface area contributed by atoms with E-state index in [0.717, 1.165) is 24.1 Å². The van der Waals surface area contributed by atoms with Crippen molar-refractivity contribution in [3.63, 3.8) is 0 Å². The Balaban J connectivity index is 2.03. The summed E-state index contributed by atoms with van der Waals surface area (Å²) in [6.45, 7) is 0. The summed E-state index contributed by atoms with van der Waals surface area (Å²) >= 11 is 1.53. The molecule has 0 saturated heterocycles. The maximum atomic E-state index is 13.2. The summed E-state index contributed by atoms with van der Waals surface area (Å²) in [6.07, 6.45) is 1.96. The molecule has 1 aromatic heterocycles. The summed E-state index contributed by atoms with van der Waals surface area (Å²) in [5.74, 6) is 0.101. The third-order valence-corrected chi connectivity index (χ3v) is 4.02. The normalized spacial score (nSPS) is 18.7. The Morgan fingerprint density at radius 3 is 3.12 bits per heavy atom. The molecule has 4 heteroatoms. The minimum Gasteiger partial charge on any atom is -0.375 e. The van der Waals surface area contributed by atoms with E-state index >= 15 is 0 Å². The highest BCUT2D eigenvalue weighted by Gasteiger charge is 2.27. The van der Waals surface area contributed by atoms with Crippen LogP contribution in [0.5, 0.6) is 0 Å². The average molecular weight is 234 g/mol. The van der Waals surface area contributed by atoms with Gasteiger partial charge in [0.1, 0.15) is 5.82 Å². The molecule has 1 unspecified atom stereocenters. The molecule has 0 radical (unpaired) electrons. The minimum atomic E-state index is -0.177. The number of aromatic nitrogens is 1. The number of aryl methyl sites for hydroxylation is 1. The first kappa shape index (κ1) is 9.78. The van der Waals surface area contributed by atoms with Crippen LogP contribution in [0.15, 0.2) is 24.3 Å². The molecule has 0 saturated carbocycles. The van der Waals surface area contributed by atoms with Crippen LogP contribution in [-0.4, -0.2) is 4.98 Å². The van der Waals surface area contributed by atoms with Gasteiger partial charge in [-0.3, -0.25) is 0 Å². The lowest BCUT2D eigenvalue weighted by molar-refractivity contribution is 0.623. The van der Waals surface area contributed by atoms with Crippen molar-refractivity contribution in [2.75, 3.05) is 5.73 Å². The van der Waals surface area contributed by atoms with Crippen LogP contribution in [0.3, 0.4) is 0 Å². The Labute approximate surface area is 96.9 Å². The molecule has 1 heterocycles. The number of hydrogen-bond donors (Lipinski definition) is 1. The van der Waals surface area contributed by atoms with Gasteiger partial charge < -0.3 is 5.73 Å². The molecule has 1 aliphatic rings. The quantitative estimate of drug-likeness (QED) is 0.824. The van der Waals surface area contributed by atoms with E-state index in [-0.39, 0.29) is 11.7 Å². The summed E-state index contributed by atoms with van der Waals surface area (Å²) in [7, 11) is 0. The summed E-state index contributed by atoms with van der Waals surface area (Å²) < 4.78 is 13.2. The Hall–Kier alpha value is -1.42. The number of halogens is 1. The molecule has 2 N–H and O–H groups in total. The van der Waals surface area contributed by atoms with E-state index < -0.39 is 0 Å². The topological polar surface area (TPSA) is 38.9 Å². The molecule has 2 aromatic rings. The second-order valence-corrected chi connectivity index (χ2v) is 5.07. The number of nitrogens with zero attached hydrogens (tertiary/aromatic N) is 1. The Kier molecular flexibility index (Phi) is 2.17. The molecule has 0 fully saturated rings. The number of anilines is 1. The number of nitrogens with two attached hydrogens (primary N) is 1. The number of benzene rings is 1. The monoisotopic (exact) mass is 234 g/mol. The van der Waals surface area contributed by atoms with Crippen molar-refractivity contribution >= 4 is 16.5 Å². The van der Waals surface area contributed by atoms with E-state index in [1.54, 1.807) is 12.1 Å². The summed E-state index contributed by atoms with van der Waals surface area (Å²) in [5.41, 5.74) is 7.82. The van der Waals surface area contributed by atoms with Gasteiger partial charge in [-0.1, -0.05) is 12.1 Å². The van der Waals surface area contributed by atoms with Crippen LogP contribution in [0.4, 0.5) is 9.52 Å². The molecule has 0 amide bonds. The first-order chi connectivity index (χ1) is 7.74. The standard InChI is InChI=1S/C12H11FN2S/c13-8-3-1-2-7(6-8)9-4-5-10-11(9)16-12(14)15-10/h1-3,6,9H,4-5H2,(H2,14,15). The maximum Gasteiger partial charge on any atom is 0.180 e. The van der Waals surface area contributed by atoms with Gasteiger partial charge in [0.25, 0.3) is 0 Å². The number of fused-ring (bicyclic) bond motifs is 1. The van der Waals surface area contributed by atoms with Crippen molar-refractivity contribution in [2.24, 2.45) is 0 Å². The average Bonchev–Trinajstić information content (AvgIpc) is 2.76. The smallest absolute Gasteiger partial charge is 0.180 e. The highest BCUT2D eigenvalue weighted by atomic mass is 32.1. The first-order valence-corrected chi connectivity index (χ1v) is 6.06. The Bertz CT molecular complexity index is 536. The largest absolute Gasteiger partial charge is 0.375 e. The Morgan fingerprint density at radius 1 is 1.44 bits per heavy atom. The molecule has 3 rings (SSSR count). The predicted octanol–water partition coefficient (Wildman–Crippen LogP) is 2.94. The van der Waals surface area contributed by atoms with Gasteiger partial charge in [0.15, 0.2) is 5.13 Å². The zero-order valence-electron chi connectivity index (χ0n) is 8.61. The zero-order chi connectivity index (χ0) is 11.1. The molecule has 0 bridgehead atoms. The second kappa shape index (κ2) is 3.56. The summed E-state index contributed by atoms with van der Waals surface area (Å²) in [5, 5.41) is 0.617. The molecule has 1 atom stereocenters. The predicted molar refractivity (Wildman–Crippen MR) is 63.1 cm³/mol. The maximum absolute atomic E-state index is 13.2. The van der Waals surface area contributed by atoms with E-state index in [2.05, 4.69) is 4.98 Å². The third kappa shape index (κ3) is 1.50. The third-order valence-electron chi connectivity index (χ3n) is 2.98. The number of thiazole rings is 1. The zero-order valence-corrected chi connectivity index (χ0v) is 9.43. The molecule has 82 valence electrons. The SMILES string of the molecule is Nc1nc2c(s1)C(c1cccc(F)c1)CC2. The van der Waals surface area contributed by atoms with Gasteiger partial charge in [0, 0.05) is 10.8 Å². The fourth-order valence-electron chi connectivity index (χ4n) is 2.29. The van der Waals surface area contributed by atoms with Crippen molar-refractivity contribution < 1.29 is 4.39 Å². The number of hydrogen-bond acceptors (Lipinski definition) is 3. The molecule has 1 aliphatic carbocycles. The molecule has 2 nitrogen and oxygen atoms in total. The van der Waals surface area contributed by atoms with E-state index in [4.69, 9.17) is 5.73 Å². The van der Waals surface area contributed by atoms with Gasteiger partial charge in [-0.15, -0.1) is 11.3 Å². The lowest BCUT2D eigenvalue weighted by Crippen LogP contribution is -1.94. The molecular weight excluding hydrogens is 223 g/mol. The van der Waals surface area contributed by atoms with Crippen LogP contribution in [-0.2, 0) is 6.42 Å². The summed E-state index contributed by atoms with van der Waals surface area (Å²) in [6, 6.07) is 6.81. The lowest BCUT2D eigenvalue weighted by Gasteiger charge is -2.09. The minimum absolute atomic E-state index is 0.177. The van der Waals surface area contributed by atoms with Crippen molar-refractivity contribution in [1.82, 2.24) is 4.98 Å². The van der Waals surface area contributed by atoms with Crippen LogP contribution in [0, 0.1) is 5.82 Å². The number of rotatable bonds is 1. The van der Waals surface area contributed by atoms with Gasteiger partial charge in [-0.05, 0) is 30.5 Å². The van der Waals surface area contributed by atoms with E-state index in [1.165, 1.54) is 22.3 Å². The highest BCUT2D eigenvalue weighted by molar-refractivity contribution is 7.15. The van der Waals surface area contributed by atoms with E-state index in [9.17, 15) is 4.39 Å². The van der Waals surface area contributed by atoms with Crippen LogP contribution in [0.2, 0.25) is 0 Å². The molecular formula is C12H11FN2S.